The number of hydrogen-bond acceptors (Lipinski definition) is 2. The summed E-state index contributed by atoms with van der Waals surface area (Å²) in [7, 11) is 0. The Morgan fingerprint density at radius 3 is 2.52 bits per heavy atom. The van der Waals surface area contributed by atoms with Gasteiger partial charge in [-0.1, -0.05) is 66.7 Å². The highest BCUT2D eigenvalue weighted by Gasteiger charge is 2.41. The molecule has 3 heteroatoms. The van der Waals surface area contributed by atoms with Crippen LogP contribution >= 0.6 is 0 Å². The molecule has 2 heterocycles. The fourth-order valence-electron chi connectivity index (χ4n) is 4.89. The summed E-state index contributed by atoms with van der Waals surface area (Å²) in [5, 5.41) is 2.38. The van der Waals surface area contributed by atoms with Crippen molar-refractivity contribution in [3.05, 3.63) is 113 Å². The molecule has 0 aromatic heterocycles. The van der Waals surface area contributed by atoms with Crippen LogP contribution in [0.3, 0.4) is 0 Å². The lowest BCUT2D eigenvalue weighted by atomic mass is 9.87. The van der Waals surface area contributed by atoms with Crippen molar-refractivity contribution in [3.8, 4) is 5.75 Å². The standard InChI is InChI=1S/C26H20FNO/c27-20-12-9-19(10-13-20)25-24-21-7-3-1-5-17(21)11-14-23(24)29-26-22-8-4-2-6-18(22)15-16-28(25)26/h1-14,25-26H,15-16H2/t25-,26+/m1/s1. The molecule has 2 aliphatic rings. The van der Waals surface area contributed by atoms with Gasteiger partial charge < -0.3 is 4.74 Å². The van der Waals surface area contributed by atoms with Crippen LogP contribution in [-0.2, 0) is 6.42 Å². The fourth-order valence-corrected chi connectivity index (χ4v) is 4.89. The molecule has 0 bridgehead atoms. The highest BCUT2D eigenvalue weighted by molar-refractivity contribution is 5.89. The van der Waals surface area contributed by atoms with E-state index >= 15 is 0 Å². The Labute approximate surface area is 169 Å². The van der Waals surface area contributed by atoms with E-state index in [0.717, 1.165) is 24.3 Å². The zero-order valence-electron chi connectivity index (χ0n) is 15.9. The summed E-state index contributed by atoms with van der Waals surface area (Å²) in [5.41, 5.74) is 4.84. The van der Waals surface area contributed by atoms with Crippen molar-refractivity contribution in [1.29, 1.82) is 0 Å². The van der Waals surface area contributed by atoms with Gasteiger partial charge in [0.2, 0.25) is 0 Å². The first-order chi connectivity index (χ1) is 14.3. The van der Waals surface area contributed by atoms with Crippen molar-refractivity contribution in [1.82, 2.24) is 4.90 Å². The molecule has 2 aliphatic heterocycles. The van der Waals surface area contributed by atoms with Crippen LogP contribution in [0.15, 0.2) is 84.9 Å². The zero-order chi connectivity index (χ0) is 19.4. The van der Waals surface area contributed by atoms with Crippen LogP contribution in [0.1, 0.15) is 34.5 Å². The van der Waals surface area contributed by atoms with Gasteiger partial charge >= 0.3 is 0 Å². The van der Waals surface area contributed by atoms with Gasteiger partial charge in [0.15, 0.2) is 6.23 Å². The van der Waals surface area contributed by atoms with Crippen LogP contribution in [-0.4, -0.2) is 11.4 Å². The molecule has 0 amide bonds. The third-order valence-electron chi connectivity index (χ3n) is 6.22. The van der Waals surface area contributed by atoms with Crippen molar-refractivity contribution in [3.63, 3.8) is 0 Å². The molecule has 0 unspecified atom stereocenters. The monoisotopic (exact) mass is 381 g/mol. The van der Waals surface area contributed by atoms with Gasteiger partial charge in [0.25, 0.3) is 0 Å². The van der Waals surface area contributed by atoms with E-state index in [1.165, 1.54) is 27.5 Å². The second kappa shape index (κ2) is 6.43. The SMILES string of the molecule is Fc1ccc([C@@H]2c3c(ccc4ccccc34)O[C@H]3c4ccccc4CCN23)cc1. The van der Waals surface area contributed by atoms with Gasteiger partial charge in [-0.05, 0) is 46.5 Å². The highest BCUT2D eigenvalue weighted by Crippen LogP contribution is 2.49. The molecular formula is C26H20FNO. The van der Waals surface area contributed by atoms with Gasteiger partial charge in [-0.25, -0.2) is 4.39 Å². The Bertz CT molecular complexity index is 1220. The minimum atomic E-state index is -0.209. The number of halogens is 1. The average Bonchev–Trinajstić information content (AvgIpc) is 2.78. The number of fused-ring (bicyclic) bond motifs is 6. The third kappa shape index (κ3) is 2.58. The summed E-state index contributed by atoms with van der Waals surface area (Å²) < 4.78 is 20.3. The largest absolute Gasteiger partial charge is 0.470 e. The Morgan fingerprint density at radius 2 is 1.62 bits per heavy atom. The zero-order valence-corrected chi connectivity index (χ0v) is 15.9. The quantitative estimate of drug-likeness (QED) is 0.400. The minimum Gasteiger partial charge on any atom is -0.470 e. The van der Waals surface area contributed by atoms with Gasteiger partial charge in [0.1, 0.15) is 11.6 Å². The van der Waals surface area contributed by atoms with Crippen LogP contribution in [0.25, 0.3) is 10.8 Å². The number of rotatable bonds is 1. The van der Waals surface area contributed by atoms with E-state index in [0.29, 0.717) is 0 Å². The van der Waals surface area contributed by atoms with Crippen molar-refractivity contribution in [2.24, 2.45) is 0 Å². The molecule has 0 N–H and O–H groups in total. The second-order valence-corrected chi connectivity index (χ2v) is 7.81. The van der Waals surface area contributed by atoms with E-state index < -0.39 is 0 Å². The average molecular weight is 381 g/mol. The van der Waals surface area contributed by atoms with E-state index in [2.05, 4.69) is 65.6 Å². The maximum Gasteiger partial charge on any atom is 0.180 e. The van der Waals surface area contributed by atoms with Crippen molar-refractivity contribution < 1.29 is 9.13 Å². The third-order valence-corrected chi connectivity index (χ3v) is 6.22. The van der Waals surface area contributed by atoms with Gasteiger partial charge in [-0.2, -0.15) is 0 Å². The maximum atomic E-state index is 13.7. The molecule has 0 radical (unpaired) electrons. The molecule has 142 valence electrons. The molecule has 0 spiro atoms. The Morgan fingerprint density at radius 1 is 0.828 bits per heavy atom. The van der Waals surface area contributed by atoms with E-state index in [4.69, 9.17) is 4.74 Å². The number of hydrogen-bond donors (Lipinski definition) is 0. The van der Waals surface area contributed by atoms with Crippen molar-refractivity contribution in [2.75, 3.05) is 6.54 Å². The van der Waals surface area contributed by atoms with E-state index in [-0.39, 0.29) is 18.1 Å². The molecule has 4 aromatic carbocycles. The van der Waals surface area contributed by atoms with Gasteiger partial charge in [0, 0.05) is 17.7 Å². The first kappa shape index (κ1) is 16.8. The van der Waals surface area contributed by atoms with Gasteiger partial charge in [-0.3, -0.25) is 4.90 Å². The molecule has 0 aliphatic carbocycles. The molecule has 2 nitrogen and oxygen atoms in total. The lowest BCUT2D eigenvalue weighted by Gasteiger charge is -2.46. The van der Waals surface area contributed by atoms with E-state index in [1.54, 1.807) is 12.1 Å². The fraction of sp³-hybridized carbons (Fsp3) is 0.154. The van der Waals surface area contributed by atoms with E-state index in [1.807, 2.05) is 12.1 Å². The summed E-state index contributed by atoms with van der Waals surface area (Å²) in [5.74, 6) is 0.704. The van der Waals surface area contributed by atoms with Crippen LogP contribution in [0.4, 0.5) is 4.39 Å². The van der Waals surface area contributed by atoms with Crippen molar-refractivity contribution in [2.45, 2.75) is 18.7 Å². The maximum absolute atomic E-state index is 13.7. The molecule has 2 atom stereocenters. The molecule has 0 saturated heterocycles. The molecule has 0 fully saturated rings. The summed E-state index contributed by atoms with van der Waals surface area (Å²) in [6.07, 6.45) is 0.844. The summed E-state index contributed by atoms with van der Waals surface area (Å²) in [4.78, 5) is 2.42. The minimum absolute atomic E-state index is 0.0174. The summed E-state index contributed by atoms with van der Waals surface area (Å²) in [6.45, 7) is 0.895. The normalized spacial score (nSPS) is 20.4. The Kier molecular flexibility index (Phi) is 3.71. The lowest BCUT2D eigenvalue weighted by Crippen LogP contribution is -2.44. The number of ether oxygens (including phenoxy) is 1. The molecule has 0 saturated carbocycles. The predicted molar refractivity (Wildman–Crippen MR) is 112 cm³/mol. The summed E-state index contributed by atoms with van der Waals surface area (Å²) in [6, 6.07) is 28.1. The smallest absolute Gasteiger partial charge is 0.180 e. The summed E-state index contributed by atoms with van der Waals surface area (Å²) >= 11 is 0. The molecule has 6 rings (SSSR count). The number of nitrogens with zero attached hydrogens (tertiary/aromatic N) is 1. The molecular weight excluding hydrogens is 361 g/mol. The van der Waals surface area contributed by atoms with Crippen LogP contribution in [0, 0.1) is 5.82 Å². The predicted octanol–water partition coefficient (Wildman–Crippen LogP) is 6.02. The first-order valence-corrected chi connectivity index (χ1v) is 10.1. The van der Waals surface area contributed by atoms with Gasteiger partial charge in [0.05, 0.1) is 6.04 Å². The lowest BCUT2D eigenvalue weighted by molar-refractivity contribution is -0.0260. The topological polar surface area (TPSA) is 12.5 Å². The Hall–Kier alpha value is -3.17. The van der Waals surface area contributed by atoms with Gasteiger partial charge in [-0.15, -0.1) is 0 Å². The van der Waals surface area contributed by atoms with Crippen molar-refractivity contribution >= 4 is 10.8 Å². The molecule has 29 heavy (non-hydrogen) atoms. The van der Waals surface area contributed by atoms with E-state index in [9.17, 15) is 4.39 Å². The second-order valence-electron chi connectivity index (χ2n) is 7.81. The molecule has 4 aromatic rings. The van der Waals surface area contributed by atoms with Crippen LogP contribution < -0.4 is 4.74 Å². The Balaban J connectivity index is 1.61. The first-order valence-electron chi connectivity index (χ1n) is 10.1. The van der Waals surface area contributed by atoms with Crippen LogP contribution in [0.2, 0.25) is 0 Å². The number of benzene rings is 4. The highest BCUT2D eigenvalue weighted by atomic mass is 19.1. The van der Waals surface area contributed by atoms with Crippen LogP contribution in [0.5, 0.6) is 5.75 Å².